The van der Waals surface area contributed by atoms with E-state index in [1.54, 1.807) is 28.4 Å². The van der Waals surface area contributed by atoms with Crippen molar-refractivity contribution in [3.8, 4) is 5.75 Å². The zero-order chi connectivity index (χ0) is 18.5. The first-order valence-corrected chi connectivity index (χ1v) is 9.67. The van der Waals surface area contributed by atoms with E-state index in [1.807, 2.05) is 61.7 Å². The molecule has 0 unspecified atom stereocenters. The van der Waals surface area contributed by atoms with Gasteiger partial charge in [-0.3, -0.25) is 4.79 Å². The van der Waals surface area contributed by atoms with Crippen molar-refractivity contribution in [1.82, 2.24) is 0 Å². The minimum absolute atomic E-state index is 0.0682. The molecule has 3 nitrogen and oxygen atoms in total. The van der Waals surface area contributed by atoms with Crippen molar-refractivity contribution in [1.29, 1.82) is 0 Å². The van der Waals surface area contributed by atoms with Crippen LogP contribution in [0.1, 0.15) is 27.7 Å². The molecule has 1 amide bonds. The summed E-state index contributed by atoms with van der Waals surface area (Å²) in [6, 6.07) is 17.0. The Morgan fingerprint density at radius 2 is 1.92 bits per heavy atom. The van der Waals surface area contributed by atoms with E-state index in [-0.39, 0.29) is 5.91 Å². The van der Waals surface area contributed by atoms with Crippen molar-refractivity contribution in [2.45, 2.75) is 20.4 Å². The first-order valence-electron chi connectivity index (χ1n) is 8.41. The fourth-order valence-electron chi connectivity index (χ4n) is 2.60. The largest absolute Gasteiger partial charge is 0.494 e. The Labute approximate surface area is 162 Å². The second kappa shape index (κ2) is 8.39. The number of thiophene rings is 1. The van der Waals surface area contributed by atoms with Gasteiger partial charge in [-0.05, 0) is 67.3 Å². The number of hydrogen-bond acceptors (Lipinski definition) is 3. The fraction of sp³-hybridized carbons (Fsp3) is 0.190. The Hall–Kier alpha value is -2.30. The quantitative estimate of drug-likeness (QED) is 0.524. The Morgan fingerprint density at radius 1 is 1.15 bits per heavy atom. The number of carbonyl (C=O) groups excluding carboxylic acids is 1. The highest BCUT2D eigenvalue weighted by Crippen LogP contribution is 2.27. The molecule has 0 aliphatic carbocycles. The first kappa shape index (κ1) is 18.5. The number of aryl methyl sites for hydroxylation is 1. The van der Waals surface area contributed by atoms with E-state index in [0.717, 1.165) is 21.9 Å². The van der Waals surface area contributed by atoms with Gasteiger partial charge in [-0.1, -0.05) is 23.7 Å². The van der Waals surface area contributed by atoms with Gasteiger partial charge in [0.15, 0.2) is 0 Å². The summed E-state index contributed by atoms with van der Waals surface area (Å²) in [4.78, 5) is 16.1. The number of halogens is 1. The molecule has 1 heterocycles. The van der Waals surface area contributed by atoms with Gasteiger partial charge in [-0.25, -0.2) is 0 Å². The van der Waals surface area contributed by atoms with Gasteiger partial charge < -0.3 is 9.64 Å². The molecule has 5 heteroatoms. The van der Waals surface area contributed by atoms with Crippen LogP contribution in [-0.4, -0.2) is 12.5 Å². The molecule has 0 spiro atoms. The molecule has 134 valence electrons. The van der Waals surface area contributed by atoms with Gasteiger partial charge in [0.05, 0.1) is 13.2 Å². The lowest BCUT2D eigenvalue weighted by Crippen LogP contribution is -2.30. The highest BCUT2D eigenvalue weighted by Gasteiger charge is 2.19. The lowest BCUT2D eigenvalue weighted by Gasteiger charge is -2.23. The Balaban J connectivity index is 1.93. The minimum Gasteiger partial charge on any atom is -0.494 e. The Kier molecular flexibility index (Phi) is 5.96. The van der Waals surface area contributed by atoms with Crippen LogP contribution >= 0.6 is 22.9 Å². The van der Waals surface area contributed by atoms with Gasteiger partial charge in [0.25, 0.3) is 5.91 Å². The van der Waals surface area contributed by atoms with Crippen LogP contribution < -0.4 is 9.64 Å². The number of nitrogens with zero attached hydrogens (tertiary/aromatic N) is 1. The van der Waals surface area contributed by atoms with E-state index in [2.05, 4.69) is 0 Å². The first-order chi connectivity index (χ1) is 12.6. The molecular formula is C21H20ClNO2S. The van der Waals surface area contributed by atoms with E-state index in [9.17, 15) is 4.79 Å². The van der Waals surface area contributed by atoms with Crippen molar-refractivity contribution in [2.75, 3.05) is 11.5 Å². The Morgan fingerprint density at radius 3 is 2.54 bits per heavy atom. The number of rotatable bonds is 6. The molecule has 0 radical (unpaired) electrons. The second-order valence-electron chi connectivity index (χ2n) is 5.86. The average Bonchev–Trinajstić information content (AvgIpc) is 3.16. The van der Waals surface area contributed by atoms with E-state index in [1.165, 1.54) is 0 Å². The van der Waals surface area contributed by atoms with Crippen LogP contribution in [0.3, 0.4) is 0 Å². The summed E-state index contributed by atoms with van der Waals surface area (Å²) in [6.07, 6.45) is 0. The molecule has 3 aromatic rings. The molecule has 0 saturated heterocycles. The molecule has 0 aliphatic heterocycles. The average molecular weight is 386 g/mol. The SMILES string of the molecule is CCOc1ccc(C(=O)N(Cc2cccs2)c2ccc(C)c(Cl)c2)cc1. The summed E-state index contributed by atoms with van der Waals surface area (Å²) in [7, 11) is 0. The van der Waals surface area contributed by atoms with Crippen LogP contribution in [0, 0.1) is 6.92 Å². The van der Waals surface area contributed by atoms with Crippen molar-refractivity contribution in [3.05, 3.63) is 81.0 Å². The summed E-state index contributed by atoms with van der Waals surface area (Å²) < 4.78 is 5.46. The summed E-state index contributed by atoms with van der Waals surface area (Å²) in [5, 5.41) is 2.66. The fourth-order valence-corrected chi connectivity index (χ4v) is 3.47. The van der Waals surface area contributed by atoms with E-state index >= 15 is 0 Å². The van der Waals surface area contributed by atoms with Crippen molar-refractivity contribution in [3.63, 3.8) is 0 Å². The normalized spacial score (nSPS) is 10.6. The molecule has 1 aromatic heterocycles. The van der Waals surface area contributed by atoms with Gasteiger partial charge in [-0.15, -0.1) is 11.3 Å². The number of ether oxygens (including phenoxy) is 1. The summed E-state index contributed by atoms with van der Waals surface area (Å²) in [6.45, 7) is 4.98. The van der Waals surface area contributed by atoms with Gasteiger partial charge >= 0.3 is 0 Å². The summed E-state index contributed by atoms with van der Waals surface area (Å²) >= 11 is 7.92. The van der Waals surface area contributed by atoms with Crippen LogP contribution in [-0.2, 0) is 6.54 Å². The zero-order valence-corrected chi connectivity index (χ0v) is 16.3. The van der Waals surface area contributed by atoms with E-state index < -0.39 is 0 Å². The maximum atomic E-state index is 13.2. The second-order valence-corrected chi connectivity index (χ2v) is 7.30. The van der Waals surface area contributed by atoms with Crippen molar-refractivity contribution < 1.29 is 9.53 Å². The molecule has 2 aromatic carbocycles. The van der Waals surface area contributed by atoms with Gasteiger partial charge in [0.2, 0.25) is 0 Å². The van der Waals surface area contributed by atoms with E-state index in [0.29, 0.717) is 23.7 Å². The van der Waals surface area contributed by atoms with Crippen LogP contribution in [0.2, 0.25) is 5.02 Å². The standard InChI is InChI=1S/C21H20ClNO2S/c1-3-25-18-10-7-16(8-11-18)21(24)23(14-19-5-4-12-26-19)17-9-6-15(2)20(22)13-17/h4-13H,3,14H2,1-2H3. The Bertz CT molecular complexity index is 876. The highest BCUT2D eigenvalue weighted by atomic mass is 35.5. The van der Waals surface area contributed by atoms with Crippen molar-refractivity contribution >= 4 is 34.5 Å². The van der Waals surface area contributed by atoms with Gasteiger partial charge in [-0.2, -0.15) is 0 Å². The zero-order valence-electron chi connectivity index (χ0n) is 14.7. The van der Waals surface area contributed by atoms with E-state index in [4.69, 9.17) is 16.3 Å². The molecule has 0 saturated carbocycles. The minimum atomic E-state index is -0.0682. The topological polar surface area (TPSA) is 29.5 Å². The van der Waals surface area contributed by atoms with Crippen LogP contribution in [0.5, 0.6) is 5.75 Å². The maximum Gasteiger partial charge on any atom is 0.258 e. The molecule has 3 rings (SSSR count). The van der Waals surface area contributed by atoms with Crippen LogP contribution in [0.4, 0.5) is 5.69 Å². The number of benzene rings is 2. The molecule has 0 atom stereocenters. The molecule has 0 fully saturated rings. The third-order valence-electron chi connectivity index (χ3n) is 4.02. The number of amides is 1. The molecule has 0 bridgehead atoms. The lowest BCUT2D eigenvalue weighted by molar-refractivity contribution is 0.0985. The number of hydrogen-bond donors (Lipinski definition) is 0. The van der Waals surface area contributed by atoms with Gasteiger partial charge in [0, 0.05) is 21.2 Å². The monoisotopic (exact) mass is 385 g/mol. The molecule has 0 N–H and O–H groups in total. The molecule has 26 heavy (non-hydrogen) atoms. The number of anilines is 1. The van der Waals surface area contributed by atoms with Crippen molar-refractivity contribution in [2.24, 2.45) is 0 Å². The summed E-state index contributed by atoms with van der Waals surface area (Å²) in [5.74, 6) is 0.689. The van der Waals surface area contributed by atoms with Gasteiger partial charge in [0.1, 0.15) is 5.75 Å². The van der Waals surface area contributed by atoms with Crippen LogP contribution in [0.15, 0.2) is 60.0 Å². The smallest absolute Gasteiger partial charge is 0.258 e. The highest BCUT2D eigenvalue weighted by molar-refractivity contribution is 7.09. The third-order valence-corrected chi connectivity index (χ3v) is 5.29. The maximum absolute atomic E-state index is 13.2. The molecular weight excluding hydrogens is 366 g/mol. The van der Waals surface area contributed by atoms with Crippen LogP contribution in [0.25, 0.3) is 0 Å². The number of carbonyl (C=O) groups is 1. The molecule has 0 aliphatic rings. The lowest BCUT2D eigenvalue weighted by atomic mass is 10.1. The third kappa shape index (κ3) is 4.26. The summed E-state index contributed by atoms with van der Waals surface area (Å²) in [5.41, 5.74) is 2.38. The predicted molar refractivity (Wildman–Crippen MR) is 109 cm³/mol. The predicted octanol–water partition coefficient (Wildman–Crippen LogP) is 5.96.